The van der Waals surface area contributed by atoms with Crippen LogP contribution in [0, 0.1) is 5.92 Å². The molecule has 0 atom stereocenters. The van der Waals surface area contributed by atoms with Crippen LogP contribution >= 0.6 is 12.2 Å². The lowest BCUT2D eigenvalue weighted by atomic mass is 10.1. The van der Waals surface area contributed by atoms with E-state index in [2.05, 4.69) is 5.32 Å². The Morgan fingerprint density at radius 1 is 1.15 bits per heavy atom. The van der Waals surface area contributed by atoms with Crippen LogP contribution in [0.4, 0.5) is 10.5 Å². The number of thiocarbonyl (C=S) groups is 1. The maximum absolute atomic E-state index is 11.6. The highest BCUT2D eigenvalue weighted by Gasteiger charge is 2.37. The van der Waals surface area contributed by atoms with Crippen LogP contribution in [-0.2, 0) is 9.59 Å². The molecular formula is C12H11N3O4S. The number of rotatable bonds is 3. The molecular weight excluding hydrogens is 282 g/mol. The molecule has 1 aromatic carbocycles. The molecule has 0 bridgehead atoms. The number of ether oxygens (including phenoxy) is 1. The number of anilines is 1. The smallest absolute Gasteiger partial charge is 0.328 e. The number of carbonyl (C=O) groups excluding carboxylic acids is 3. The van der Waals surface area contributed by atoms with Gasteiger partial charge in [-0.2, -0.15) is 0 Å². The fourth-order valence-electron chi connectivity index (χ4n) is 1.65. The van der Waals surface area contributed by atoms with E-state index < -0.39 is 23.8 Å². The van der Waals surface area contributed by atoms with Crippen molar-refractivity contribution in [2.75, 3.05) is 12.4 Å². The average molecular weight is 293 g/mol. The summed E-state index contributed by atoms with van der Waals surface area (Å²) >= 11 is 5.03. The molecule has 1 aliphatic heterocycles. The molecule has 0 radical (unpaired) electrons. The van der Waals surface area contributed by atoms with E-state index in [1.807, 2.05) is 10.6 Å². The van der Waals surface area contributed by atoms with Crippen LogP contribution in [0.1, 0.15) is 0 Å². The molecule has 104 valence electrons. The third kappa shape index (κ3) is 2.91. The van der Waals surface area contributed by atoms with Crippen molar-refractivity contribution >= 4 is 40.7 Å². The lowest BCUT2D eigenvalue weighted by Crippen LogP contribution is -2.58. The first kappa shape index (κ1) is 13.9. The number of imide groups is 2. The van der Waals surface area contributed by atoms with Crippen LogP contribution in [0.5, 0.6) is 5.75 Å². The summed E-state index contributed by atoms with van der Waals surface area (Å²) in [6, 6.07) is 5.94. The van der Waals surface area contributed by atoms with Crippen LogP contribution in [-0.4, -0.2) is 29.9 Å². The first-order chi connectivity index (χ1) is 9.51. The maximum atomic E-state index is 11.6. The zero-order valence-electron chi connectivity index (χ0n) is 10.4. The third-order valence-electron chi connectivity index (χ3n) is 2.62. The Morgan fingerprint density at radius 3 is 2.20 bits per heavy atom. The summed E-state index contributed by atoms with van der Waals surface area (Å²) in [6.07, 6.45) is 0. The summed E-state index contributed by atoms with van der Waals surface area (Å²) in [4.78, 5) is 34.2. The Morgan fingerprint density at radius 2 is 1.70 bits per heavy atom. The van der Waals surface area contributed by atoms with Gasteiger partial charge in [0.1, 0.15) is 10.7 Å². The molecule has 1 heterocycles. The number of benzene rings is 1. The van der Waals surface area contributed by atoms with E-state index in [0.717, 1.165) is 0 Å². The minimum atomic E-state index is -1.23. The van der Waals surface area contributed by atoms with E-state index in [-0.39, 0.29) is 4.99 Å². The number of carbonyl (C=O) groups is 3. The molecule has 1 aromatic rings. The SMILES string of the molecule is COc1ccc(NC(=S)C2C(=O)NC(=O)NC2=O)cc1. The minimum Gasteiger partial charge on any atom is -0.497 e. The van der Waals surface area contributed by atoms with Gasteiger partial charge in [0.25, 0.3) is 0 Å². The van der Waals surface area contributed by atoms with Gasteiger partial charge in [-0.1, -0.05) is 12.2 Å². The first-order valence-corrected chi connectivity index (χ1v) is 6.02. The van der Waals surface area contributed by atoms with Gasteiger partial charge in [-0.3, -0.25) is 20.2 Å². The molecule has 1 fully saturated rings. The maximum Gasteiger partial charge on any atom is 0.328 e. The van der Waals surface area contributed by atoms with Gasteiger partial charge in [0, 0.05) is 5.69 Å². The summed E-state index contributed by atoms with van der Waals surface area (Å²) in [7, 11) is 1.54. The quantitative estimate of drug-likeness (QED) is 0.552. The molecule has 20 heavy (non-hydrogen) atoms. The standard InChI is InChI=1S/C12H11N3O4S/c1-19-7-4-2-6(3-5-7)13-11(20)8-9(16)14-12(18)15-10(8)17/h2-5,8H,1H3,(H,13,20)(H2,14,15,16,17,18). The highest BCUT2D eigenvalue weighted by molar-refractivity contribution is 7.80. The summed E-state index contributed by atoms with van der Waals surface area (Å²) in [5, 5.41) is 6.76. The predicted molar refractivity (Wildman–Crippen MR) is 74.4 cm³/mol. The van der Waals surface area contributed by atoms with E-state index in [1.165, 1.54) is 0 Å². The van der Waals surface area contributed by atoms with Gasteiger partial charge < -0.3 is 10.1 Å². The van der Waals surface area contributed by atoms with E-state index in [0.29, 0.717) is 11.4 Å². The normalized spacial score (nSPS) is 15.3. The van der Waals surface area contributed by atoms with Crippen molar-refractivity contribution < 1.29 is 19.1 Å². The lowest BCUT2D eigenvalue weighted by molar-refractivity contribution is -0.132. The Hall–Kier alpha value is -2.48. The Labute approximate surface area is 119 Å². The Balaban J connectivity index is 2.08. The number of methoxy groups -OCH3 is 1. The summed E-state index contributed by atoms with van der Waals surface area (Å²) in [6.45, 7) is 0. The molecule has 2 rings (SSSR count). The molecule has 0 unspecified atom stereocenters. The van der Waals surface area contributed by atoms with Gasteiger partial charge in [-0.25, -0.2) is 4.79 Å². The molecule has 0 saturated carbocycles. The average Bonchev–Trinajstić information content (AvgIpc) is 2.38. The van der Waals surface area contributed by atoms with Gasteiger partial charge in [-0.15, -0.1) is 0 Å². The van der Waals surface area contributed by atoms with E-state index in [1.54, 1.807) is 31.4 Å². The summed E-state index contributed by atoms with van der Waals surface area (Å²) < 4.78 is 5.01. The highest BCUT2D eigenvalue weighted by Crippen LogP contribution is 2.16. The molecule has 0 spiro atoms. The van der Waals surface area contributed by atoms with Crippen LogP contribution in [0.3, 0.4) is 0 Å². The van der Waals surface area contributed by atoms with Crippen LogP contribution < -0.4 is 20.7 Å². The predicted octanol–water partition coefficient (Wildman–Crippen LogP) is 0.417. The van der Waals surface area contributed by atoms with Crippen LogP contribution in [0.25, 0.3) is 0 Å². The first-order valence-electron chi connectivity index (χ1n) is 5.62. The second-order valence-corrected chi connectivity index (χ2v) is 4.40. The summed E-state index contributed by atoms with van der Waals surface area (Å²) in [5.41, 5.74) is 0.605. The fourth-order valence-corrected chi connectivity index (χ4v) is 1.98. The van der Waals surface area contributed by atoms with Gasteiger partial charge >= 0.3 is 6.03 Å². The van der Waals surface area contributed by atoms with Crippen molar-refractivity contribution in [2.24, 2.45) is 5.92 Å². The molecule has 0 aromatic heterocycles. The van der Waals surface area contributed by atoms with Crippen molar-refractivity contribution in [3.05, 3.63) is 24.3 Å². The number of urea groups is 1. The fraction of sp³-hybridized carbons (Fsp3) is 0.167. The Kier molecular flexibility index (Phi) is 3.94. The van der Waals surface area contributed by atoms with Gasteiger partial charge in [-0.05, 0) is 24.3 Å². The molecule has 0 aliphatic carbocycles. The van der Waals surface area contributed by atoms with Crippen molar-refractivity contribution in [3.8, 4) is 5.75 Å². The molecule has 4 amide bonds. The molecule has 7 nitrogen and oxygen atoms in total. The number of hydrogen-bond acceptors (Lipinski definition) is 5. The number of amides is 4. The van der Waals surface area contributed by atoms with Crippen molar-refractivity contribution in [1.82, 2.24) is 10.6 Å². The number of hydrogen-bond donors (Lipinski definition) is 3. The Bertz CT molecular complexity index is 565. The van der Waals surface area contributed by atoms with Crippen LogP contribution in [0.2, 0.25) is 0 Å². The van der Waals surface area contributed by atoms with Gasteiger partial charge in [0.2, 0.25) is 11.8 Å². The zero-order valence-corrected chi connectivity index (χ0v) is 11.2. The van der Waals surface area contributed by atoms with Crippen molar-refractivity contribution in [1.29, 1.82) is 0 Å². The number of nitrogens with one attached hydrogen (secondary N) is 3. The lowest BCUT2D eigenvalue weighted by Gasteiger charge is -2.21. The minimum absolute atomic E-state index is 0.0117. The monoisotopic (exact) mass is 293 g/mol. The van der Waals surface area contributed by atoms with Gasteiger partial charge in [0.05, 0.1) is 7.11 Å². The third-order valence-corrected chi connectivity index (χ3v) is 2.96. The largest absolute Gasteiger partial charge is 0.497 e. The second kappa shape index (κ2) is 5.66. The second-order valence-electron chi connectivity index (χ2n) is 3.96. The van der Waals surface area contributed by atoms with E-state index in [4.69, 9.17) is 17.0 Å². The molecule has 3 N–H and O–H groups in total. The zero-order chi connectivity index (χ0) is 14.7. The highest BCUT2D eigenvalue weighted by atomic mass is 32.1. The molecule has 1 aliphatic rings. The molecule has 1 saturated heterocycles. The van der Waals surface area contributed by atoms with Crippen LogP contribution in [0.15, 0.2) is 24.3 Å². The molecule has 8 heteroatoms. The number of barbiturate groups is 1. The van der Waals surface area contributed by atoms with Gasteiger partial charge in [0.15, 0.2) is 5.92 Å². The van der Waals surface area contributed by atoms with E-state index in [9.17, 15) is 14.4 Å². The topological polar surface area (TPSA) is 96.5 Å². The van der Waals surface area contributed by atoms with Crippen molar-refractivity contribution in [3.63, 3.8) is 0 Å². The van der Waals surface area contributed by atoms with Crippen molar-refractivity contribution in [2.45, 2.75) is 0 Å². The summed E-state index contributed by atoms with van der Waals surface area (Å²) in [5.74, 6) is -2.06. The van der Waals surface area contributed by atoms with E-state index >= 15 is 0 Å².